The standard InChI is InChI=1S/C17H14N6O2/c18-16(25)17-20-22-23(21-17)14-9-7-13(8-10-14)19-15(24)11-6-12-4-2-1-3-5-12/h1-11H,(H2,18,25)(H,19,24)/b11-6+. The van der Waals surface area contributed by atoms with Gasteiger partial charge in [-0.2, -0.15) is 0 Å². The number of nitrogens with zero attached hydrogens (tertiary/aromatic N) is 4. The molecule has 0 unspecified atom stereocenters. The van der Waals surface area contributed by atoms with Crippen molar-refractivity contribution in [3.63, 3.8) is 0 Å². The minimum absolute atomic E-state index is 0.163. The van der Waals surface area contributed by atoms with Crippen LogP contribution in [0.1, 0.15) is 16.2 Å². The first-order valence-electron chi connectivity index (χ1n) is 7.36. The number of tetrazole rings is 1. The van der Waals surface area contributed by atoms with Crippen LogP contribution in [0.3, 0.4) is 0 Å². The van der Waals surface area contributed by atoms with E-state index in [1.807, 2.05) is 30.3 Å². The molecule has 1 aromatic heterocycles. The Bertz CT molecular complexity index is 916. The van der Waals surface area contributed by atoms with Crippen molar-refractivity contribution in [2.75, 3.05) is 5.32 Å². The van der Waals surface area contributed by atoms with E-state index in [0.29, 0.717) is 11.4 Å². The van der Waals surface area contributed by atoms with E-state index in [0.717, 1.165) is 5.56 Å². The SMILES string of the molecule is NC(=O)c1nnn(-c2ccc(NC(=O)/C=C/c3ccccc3)cc2)n1. The van der Waals surface area contributed by atoms with Gasteiger partial charge in [0.05, 0.1) is 5.69 Å². The second-order valence-electron chi connectivity index (χ2n) is 5.05. The van der Waals surface area contributed by atoms with Crippen molar-refractivity contribution in [2.45, 2.75) is 0 Å². The third-order valence-electron chi connectivity index (χ3n) is 3.23. The third kappa shape index (κ3) is 4.14. The first kappa shape index (κ1) is 16.1. The van der Waals surface area contributed by atoms with E-state index in [2.05, 4.69) is 20.7 Å². The second-order valence-corrected chi connectivity index (χ2v) is 5.05. The van der Waals surface area contributed by atoms with Gasteiger partial charge in [-0.05, 0) is 41.1 Å². The van der Waals surface area contributed by atoms with Gasteiger partial charge in [0.1, 0.15) is 0 Å². The summed E-state index contributed by atoms with van der Waals surface area (Å²) in [5.41, 5.74) is 7.22. The van der Waals surface area contributed by atoms with Crippen molar-refractivity contribution >= 4 is 23.6 Å². The van der Waals surface area contributed by atoms with Gasteiger partial charge in [0.2, 0.25) is 5.91 Å². The highest BCUT2D eigenvalue weighted by Crippen LogP contribution is 2.12. The molecule has 3 aromatic rings. The van der Waals surface area contributed by atoms with Crippen LogP contribution in [0.25, 0.3) is 11.8 Å². The van der Waals surface area contributed by atoms with E-state index in [-0.39, 0.29) is 11.7 Å². The monoisotopic (exact) mass is 334 g/mol. The second kappa shape index (κ2) is 7.18. The summed E-state index contributed by atoms with van der Waals surface area (Å²) in [5, 5.41) is 13.9. The summed E-state index contributed by atoms with van der Waals surface area (Å²) in [6.07, 6.45) is 3.19. The van der Waals surface area contributed by atoms with Crippen LogP contribution in [0.2, 0.25) is 0 Å². The van der Waals surface area contributed by atoms with Crippen molar-refractivity contribution in [1.82, 2.24) is 20.2 Å². The molecule has 0 aliphatic carbocycles. The fourth-order valence-corrected chi connectivity index (χ4v) is 2.02. The topological polar surface area (TPSA) is 116 Å². The van der Waals surface area contributed by atoms with Crippen LogP contribution < -0.4 is 11.1 Å². The molecule has 25 heavy (non-hydrogen) atoms. The zero-order valence-corrected chi connectivity index (χ0v) is 13.0. The lowest BCUT2D eigenvalue weighted by Crippen LogP contribution is -2.13. The number of carbonyl (C=O) groups is 2. The molecule has 8 nitrogen and oxygen atoms in total. The van der Waals surface area contributed by atoms with E-state index >= 15 is 0 Å². The molecule has 2 amide bonds. The highest BCUT2D eigenvalue weighted by molar-refractivity contribution is 6.01. The summed E-state index contributed by atoms with van der Waals surface area (Å²) >= 11 is 0. The number of nitrogens with two attached hydrogens (primary N) is 1. The lowest BCUT2D eigenvalue weighted by Gasteiger charge is -2.03. The molecule has 0 fully saturated rings. The van der Waals surface area contributed by atoms with Crippen molar-refractivity contribution < 1.29 is 9.59 Å². The number of aromatic nitrogens is 4. The smallest absolute Gasteiger partial charge is 0.290 e. The van der Waals surface area contributed by atoms with E-state index in [1.54, 1.807) is 30.3 Å². The van der Waals surface area contributed by atoms with Crippen molar-refractivity contribution in [3.8, 4) is 5.69 Å². The maximum absolute atomic E-state index is 11.9. The van der Waals surface area contributed by atoms with E-state index < -0.39 is 5.91 Å². The molecule has 1 heterocycles. The predicted octanol–water partition coefficient (Wildman–Crippen LogP) is 1.41. The molecular formula is C17H14N6O2. The molecule has 0 aliphatic heterocycles. The molecule has 3 N–H and O–H groups in total. The Kier molecular flexibility index (Phi) is 4.61. The Hall–Kier alpha value is -3.81. The van der Waals surface area contributed by atoms with Gasteiger partial charge in [0.25, 0.3) is 11.7 Å². The highest BCUT2D eigenvalue weighted by Gasteiger charge is 2.09. The van der Waals surface area contributed by atoms with Gasteiger partial charge in [-0.1, -0.05) is 30.3 Å². The molecule has 0 aliphatic rings. The third-order valence-corrected chi connectivity index (χ3v) is 3.23. The molecular weight excluding hydrogens is 320 g/mol. The molecule has 0 atom stereocenters. The van der Waals surface area contributed by atoms with E-state index in [9.17, 15) is 9.59 Å². The van der Waals surface area contributed by atoms with Crippen LogP contribution in [-0.4, -0.2) is 32.0 Å². The van der Waals surface area contributed by atoms with E-state index in [4.69, 9.17) is 5.73 Å². The molecule has 0 spiro atoms. The van der Waals surface area contributed by atoms with Crippen molar-refractivity contribution in [1.29, 1.82) is 0 Å². The minimum Gasteiger partial charge on any atom is -0.363 e. The Morgan fingerprint density at radius 3 is 2.40 bits per heavy atom. The number of nitrogens with one attached hydrogen (secondary N) is 1. The molecule has 2 aromatic carbocycles. The van der Waals surface area contributed by atoms with E-state index in [1.165, 1.54) is 10.9 Å². The number of carbonyl (C=O) groups excluding carboxylic acids is 2. The summed E-state index contributed by atoms with van der Waals surface area (Å²) in [5.74, 6) is -1.16. The van der Waals surface area contributed by atoms with Crippen LogP contribution >= 0.6 is 0 Å². The first-order valence-corrected chi connectivity index (χ1v) is 7.36. The van der Waals surface area contributed by atoms with Gasteiger partial charge in [-0.15, -0.1) is 15.0 Å². The normalized spacial score (nSPS) is 10.7. The molecule has 0 radical (unpaired) electrons. The van der Waals surface area contributed by atoms with Crippen LogP contribution in [-0.2, 0) is 4.79 Å². The lowest BCUT2D eigenvalue weighted by atomic mass is 10.2. The molecule has 0 saturated carbocycles. The van der Waals surface area contributed by atoms with Crippen molar-refractivity contribution in [3.05, 3.63) is 72.1 Å². The predicted molar refractivity (Wildman–Crippen MR) is 91.8 cm³/mol. The summed E-state index contributed by atoms with van der Waals surface area (Å²) in [6, 6.07) is 16.3. The highest BCUT2D eigenvalue weighted by atomic mass is 16.2. The zero-order valence-electron chi connectivity index (χ0n) is 13.0. The number of hydrogen-bond acceptors (Lipinski definition) is 5. The largest absolute Gasteiger partial charge is 0.363 e. The van der Waals surface area contributed by atoms with Gasteiger partial charge in [-0.25, -0.2) is 0 Å². The molecule has 8 heteroatoms. The summed E-state index contributed by atoms with van der Waals surface area (Å²) in [6.45, 7) is 0. The van der Waals surface area contributed by atoms with Gasteiger partial charge < -0.3 is 11.1 Å². The Balaban J connectivity index is 1.65. The Morgan fingerprint density at radius 2 is 1.76 bits per heavy atom. The number of rotatable bonds is 5. The average molecular weight is 334 g/mol. The fourth-order valence-electron chi connectivity index (χ4n) is 2.02. The summed E-state index contributed by atoms with van der Waals surface area (Å²) < 4.78 is 0. The van der Waals surface area contributed by atoms with Gasteiger partial charge >= 0.3 is 0 Å². The van der Waals surface area contributed by atoms with Gasteiger partial charge in [-0.3, -0.25) is 9.59 Å². The fraction of sp³-hybridized carbons (Fsp3) is 0. The quantitative estimate of drug-likeness (QED) is 0.684. The van der Waals surface area contributed by atoms with Crippen molar-refractivity contribution in [2.24, 2.45) is 5.73 Å². The number of anilines is 1. The minimum atomic E-state index is -0.750. The lowest BCUT2D eigenvalue weighted by molar-refractivity contribution is -0.111. The number of primary amides is 1. The Labute approximate surface area is 143 Å². The summed E-state index contributed by atoms with van der Waals surface area (Å²) in [4.78, 5) is 24.1. The molecule has 124 valence electrons. The summed E-state index contributed by atoms with van der Waals surface area (Å²) in [7, 11) is 0. The maximum Gasteiger partial charge on any atom is 0.290 e. The van der Waals surface area contributed by atoms with Gasteiger partial charge in [0.15, 0.2) is 0 Å². The van der Waals surface area contributed by atoms with Crippen LogP contribution in [0.5, 0.6) is 0 Å². The first-order chi connectivity index (χ1) is 12.1. The molecule has 3 rings (SSSR count). The maximum atomic E-state index is 11.9. The number of benzene rings is 2. The van der Waals surface area contributed by atoms with Crippen LogP contribution in [0.4, 0.5) is 5.69 Å². The number of hydrogen-bond donors (Lipinski definition) is 2. The Morgan fingerprint density at radius 1 is 1.04 bits per heavy atom. The average Bonchev–Trinajstić information content (AvgIpc) is 3.12. The zero-order chi connectivity index (χ0) is 17.6. The van der Waals surface area contributed by atoms with Crippen LogP contribution in [0, 0.1) is 0 Å². The molecule has 0 bridgehead atoms. The van der Waals surface area contributed by atoms with Gasteiger partial charge in [0, 0.05) is 11.8 Å². The number of amides is 2. The van der Waals surface area contributed by atoms with Crippen LogP contribution in [0.15, 0.2) is 60.7 Å². The molecule has 0 saturated heterocycles.